The summed E-state index contributed by atoms with van der Waals surface area (Å²) in [5, 5.41) is 8.42. The van der Waals surface area contributed by atoms with Crippen molar-refractivity contribution in [2.45, 2.75) is 6.92 Å². The topological polar surface area (TPSA) is 83.1 Å². The Morgan fingerprint density at radius 2 is 1.67 bits per heavy atom. The van der Waals surface area contributed by atoms with Crippen LogP contribution in [0, 0.1) is 5.82 Å². The number of pyridine rings is 1. The molecule has 3 rings (SSSR count). The summed E-state index contributed by atoms with van der Waals surface area (Å²) in [7, 11) is 0. The van der Waals surface area contributed by atoms with E-state index >= 15 is 0 Å². The van der Waals surface area contributed by atoms with Crippen molar-refractivity contribution in [3.8, 4) is 0 Å². The molecule has 0 unspecified atom stereocenters. The highest BCUT2D eigenvalue weighted by molar-refractivity contribution is 6.04. The third-order valence-electron chi connectivity index (χ3n) is 3.60. The van der Waals surface area contributed by atoms with Crippen molar-refractivity contribution in [1.82, 2.24) is 4.98 Å². The van der Waals surface area contributed by atoms with Gasteiger partial charge in [-0.1, -0.05) is 18.2 Å². The summed E-state index contributed by atoms with van der Waals surface area (Å²) in [6.45, 7) is 1.44. The standard InChI is InChI=1S/C20H17FN4O2/c1-13(26)23-14-5-4-6-15(11-14)24-16-9-10-19(22-12-16)25-20(27)17-7-2-3-8-18(17)21/h2-12,24H,1H3,(H,23,26)(H,22,25,27). The smallest absolute Gasteiger partial charge is 0.259 e. The molecule has 0 aliphatic heterocycles. The number of anilines is 4. The van der Waals surface area contributed by atoms with Crippen molar-refractivity contribution < 1.29 is 14.0 Å². The number of carbonyl (C=O) groups excluding carboxylic acids is 2. The zero-order chi connectivity index (χ0) is 19.2. The lowest BCUT2D eigenvalue weighted by Gasteiger charge is -2.10. The highest BCUT2D eigenvalue weighted by Gasteiger charge is 2.11. The minimum Gasteiger partial charge on any atom is -0.354 e. The first-order chi connectivity index (χ1) is 13.0. The largest absolute Gasteiger partial charge is 0.354 e. The molecule has 6 nitrogen and oxygen atoms in total. The lowest BCUT2D eigenvalue weighted by molar-refractivity contribution is -0.114. The molecule has 0 spiro atoms. The van der Waals surface area contributed by atoms with Gasteiger partial charge in [-0.25, -0.2) is 9.37 Å². The Morgan fingerprint density at radius 1 is 0.889 bits per heavy atom. The fourth-order valence-electron chi connectivity index (χ4n) is 2.42. The van der Waals surface area contributed by atoms with Crippen molar-refractivity contribution in [2.75, 3.05) is 16.0 Å². The van der Waals surface area contributed by atoms with E-state index < -0.39 is 11.7 Å². The Bertz CT molecular complexity index is 974. The van der Waals surface area contributed by atoms with Gasteiger partial charge in [-0.05, 0) is 42.5 Å². The summed E-state index contributed by atoms with van der Waals surface area (Å²) in [5.41, 5.74) is 2.09. The van der Waals surface area contributed by atoms with E-state index in [1.807, 2.05) is 12.1 Å². The van der Waals surface area contributed by atoms with Crippen molar-refractivity contribution in [3.05, 3.63) is 78.2 Å². The number of rotatable bonds is 5. The number of carbonyl (C=O) groups is 2. The minimum atomic E-state index is -0.590. The quantitative estimate of drug-likeness (QED) is 0.634. The molecular weight excluding hydrogens is 347 g/mol. The van der Waals surface area contributed by atoms with Gasteiger partial charge in [0.2, 0.25) is 5.91 Å². The summed E-state index contributed by atoms with van der Waals surface area (Å²) in [5.74, 6) is -0.999. The molecule has 27 heavy (non-hydrogen) atoms. The van der Waals surface area contributed by atoms with Crippen LogP contribution < -0.4 is 16.0 Å². The molecule has 0 atom stereocenters. The zero-order valence-electron chi connectivity index (χ0n) is 14.5. The predicted octanol–water partition coefficient (Wildman–Crippen LogP) is 4.18. The Hall–Kier alpha value is -3.74. The third kappa shape index (κ3) is 4.88. The van der Waals surface area contributed by atoms with Gasteiger partial charge in [0.15, 0.2) is 0 Å². The van der Waals surface area contributed by atoms with Crippen LogP contribution in [0.15, 0.2) is 66.9 Å². The van der Waals surface area contributed by atoms with Gasteiger partial charge in [-0.15, -0.1) is 0 Å². The van der Waals surface area contributed by atoms with Gasteiger partial charge in [0.05, 0.1) is 17.4 Å². The predicted molar refractivity (Wildman–Crippen MR) is 103 cm³/mol. The maximum Gasteiger partial charge on any atom is 0.259 e. The number of hydrogen-bond donors (Lipinski definition) is 3. The second-order valence-electron chi connectivity index (χ2n) is 5.75. The molecule has 0 saturated heterocycles. The lowest BCUT2D eigenvalue weighted by atomic mass is 10.2. The van der Waals surface area contributed by atoms with Crippen LogP contribution in [0.1, 0.15) is 17.3 Å². The van der Waals surface area contributed by atoms with Crippen molar-refractivity contribution >= 4 is 34.7 Å². The van der Waals surface area contributed by atoms with E-state index in [1.54, 1.807) is 36.5 Å². The zero-order valence-corrected chi connectivity index (χ0v) is 14.5. The van der Waals surface area contributed by atoms with Crippen LogP contribution in [0.25, 0.3) is 0 Å². The molecule has 0 aliphatic rings. The van der Waals surface area contributed by atoms with Gasteiger partial charge in [0.25, 0.3) is 5.91 Å². The molecule has 2 amide bonds. The summed E-state index contributed by atoms with van der Waals surface area (Å²) in [6.07, 6.45) is 1.54. The Kier molecular flexibility index (Phi) is 5.41. The van der Waals surface area contributed by atoms with Crippen molar-refractivity contribution in [2.24, 2.45) is 0 Å². The summed E-state index contributed by atoms with van der Waals surface area (Å²) >= 11 is 0. The molecule has 0 aliphatic carbocycles. The second kappa shape index (κ2) is 8.09. The first-order valence-electron chi connectivity index (χ1n) is 8.18. The van der Waals surface area contributed by atoms with Crippen molar-refractivity contribution in [3.63, 3.8) is 0 Å². The Balaban J connectivity index is 1.66. The van der Waals surface area contributed by atoms with Crippen molar-refractivity contribution in [1.29, 1.82) is 0 Å². The van der Waals surface area contributed by atoms with Gasteiger partial charge in [0.1, 0.15) is 11.6 Å². The molecule has 0 fully saturated rings. The number of halogens is 1. The molecule has 3 N–H and O–H groups in total. The number of amides is 2. The lowest BCUT2D eigenvalue weighted by Crippen LogP contribution is -2.14. The van der Waals surface area contributed by atoms with E-state index in [-0.39, 0.29) is 11.5 Å². The Morgan fingerprint density at radius 3 is 2.37 bits per heavy atom. The average molecular weight is 364 g/mol. The molecule has 3 aromatic rings. The van der Waals surface area contributed by atoms with Gasteiger partial charge >= 0.3 is 0 Å². The maximum absolute atomic E-state index is 13.6. The number of nitrogens with zero attached hydrogens (tertiary/aromatic N) is 1. The molecule has 1 heterocycles. The van der Waals surface area contributed by atoms with E-state index in [9.17, 15) is 14.0 Å². The SMILES string of the molecule is CC(=O)Nc1cccc(Nc2ccc(NC(=O)c3ccccc3F)nc2)c1. The highest BCUT2D eigenvalue weighted by Crippen LogP contribution is 2.20. The molecule has 0 saturated carbocycles. The summed E-state index contributed by atoms with van der Waals surface area (Å²) in [4.78, 5) is 27.4. The summed E-state index contributed by atoms with van der Waals surface area (Å²) in [6, 6.07) is 16.3. The van der Waals surface area contributed by atoms with Crippen LogP contribution in [0.5, 0.6) is 0 Å². The average Bonchev–Trinajstić information content (AvgIpc) is 2.63. The number of benzene rings is 2. The van der Waals surface area contributed by atoms with Gasteiger partial charge in [-0.2, -0.15) is 0 Å². The molecule has 136 valence electrons. The van der Waals surface area contributed by atoms with Crippen LogP contribution in [0.3, 0.4) is 0 Å². The fraction of sp³-hybridized carbons (Fsp3) is 0.0500. The number of hydrogen-bond acceptors (Lipinski definition) is 4. The van der Waals surface area contributed by atoms with Gasteiger partial charge < -0.3 is 16.0 Å². The molecule has 7 heteroatoms. The molecule has 0 bridgehead atoms. The van der Waals surface area contributed by atoms with Crippen LogP contribution in [-0.4, -0.2) is 16.8 Å². The normalized spacial score (nSPS) is 10.1. The van der Waals surface area contributed by atoms with E-state index in [4.69, 9.17) is 0 Å². The maximum atomic E-state index is 13.6. The van der Waals surface area contributed by atoms with E-state index in [1.165, 1.54) is 25.1 Å². The molecular formula is C20H17FN4O2. The monoisotopic (exact) mass is 364 g/mol. The van der Waals surface area contributed by atoms with Crippen LogP contribution in [-0.2, 0) is 4.79 Å². The van der Waals surface area contributed by atoms with E-state index in [0.29, 0.717) is 17.2 Å². The number of aromatic nitrogens is 1. The highest BCUT2D eigenvalue weighted by atomic mass is 19.1. The molecule has 0 radical (unpaired) electrons. The molecule has 2 aromatic carbocycles. The van der Waals surface area contributed by atoms with Gasteiger partial charge in [-0.3, -0.25) is 9.59 Å². The van der Waals surface area contributed by atoms with E-state index in [0.717, 1.165) is 5.69 Å². The Labute approximate surface area is 155 Å². The first kappa shape index (κ1) is 18.1. The first-order valence-corrected chi connectivity index (χ1v) is 8.18. The van der Waals surface area contributed by atoms with Crippen LogP contribution in [0.4, 0.5) is 27.3 Å². The third-order valence-corrected chi connectivity index (χ3v) is 3.60. The molecule has 1 aromatic heterocycles. The van der Waals surface area contributed by atoms with Gasteiger partial charge in [0, 0.05) is 18.3 Å². The van der Waals surface area contributed by atoms with Crippen LogP contribution >= 0.6 is 0 Å². The van der Waals surface area contributed by atoms with Crippen LogP contribution in [0.2, 0.25) is 0 Å². The fourth-order valence-corrected chi connectivity index (χ4v) is 2.42. The number of nitrogens with one attached hydrogen (secondary N) is 3. The minimum absolute atomic E-state index is 0.0451. The summed E-state index contributed by atoms with van der Waals surface area (Å²) < 4.78 is 13.6. The van der Waals surface area contributed by atoms with E-state index in [2.05, 4.69) is 20.9 Å². The second-order valence-corrected chi connectivity index (χ2v) is 5.75.